The molecule has 2 saturated heterocycles. The minimum absolute atomic E-state index is 0.0239. The summed E-state index contributed by atoms with van der Waals surface area (Å²) in [4.78, 5) is 23.3. The lowest BCUT2D eigenvalue weighted by Crippen LogP contribution is -2.47. The zero-order valence-electron chi connectivity index (χ0n) is 14.3. The van der Waals surface area contributed by atoms with Crippen LogP contribution in [-0.2, 0) is 6.18 Å². The maximum Gasteiger partial charge on any atom is 0.416 e. The van der Waals surface area contributed by atoms with Crippen molar-refractivity contribution in [2.45, 2.75) is 24.7 Å². The largest absolute Gasteiger partial charge is 0.416 e. The number of anilines is 2. The number of hydrogen-bond acceptors (Lipinski definition) is 6. The first kappa shape index (κ1) is 18.4. The molecule has 0 saturated carbocycles. The van der Waals surface area contributed by atoms with Gasteiger partial charge in [-0.05, 0) is 24.6 Å². The van der Waals surface area contributed by atoms with Crippen molar-refractivity contribution >= 4 is 17.5 Å². The van der Waals surface area contributed by atoms with Crippen LogP contribution >= 0.6 is 0 Å². The summed E-state index contributed by atoms with van der Waals surface area (Å²) in [7, 11) is 0. The molecule has 0 unspecified atom stereocenters. The molecule has 11 heteroatoms. The zero-order valence-corrected chi connectivity index (χ0v) is 14.3. The van der Waals surface area contributed by atoms with E-state index in [1.807, 2.05) is 4.90 Å². The second-order valence-corrected chi connectivity index (χ2v) is 6.72. The van der Waals surface area contributed by atoms with Crippen LogP contribution in [0.1, 0.15) is 22.3 Å². The first-order chi connectivity index (χ1) is 13.3. The van der Waals surface area contributed by atoms with Gasteiger partial charge >= 0.3 is 6.18 Å². The van der Waals surface area contributed by atoms with Gasteiger partial charge in [0.25, 0.3) is 5.91 Å². The summed E-state index contributed by atoms with van der Waals surface area (Å²) in [6.07, 6.45) is -1.32. The third-order valence-corrected chi connectivity index (χ3v) is 5.08. The molecule has 2 atom stereocenters. The predicted octanol–water partition coefficient (Wildman–Crippen LogP) is 2.22. The van der Waals surface area contributed by atoms with Gasteiger partial charge in [-0.1, -0.05) is 0 Å². The molecule has 2 N–H and O–H groups in total. The van der Waals surface area contributed by atoms with E-state index in [4.69, 9.17) is 5.21 Å². The molecule has 4 rings (SSSR count). The van der Waals surface area contributed by atoms with E-state index in [1.54, 1.807) is 4.90 Å². The lowest BCUT2D eigenvalue weighted by molar-refractivity contribution is -0.137. The highest BCUT2D eigenvalue weighted by Crippen LogP contribution is 2.39. The van der Waals surface area contributed by atoms with E-state index in [0.717, 1.165) is 6.07 Å². The van der Waals surface area contributed by atoms with Crippen molar-refractivity contribution in [2.75, 3.05) is 22.9 Å². The summed E-state index contributed by atoms with van der Waals surface area (Å²) in [6.45, 7) is 0.909. The van der Waals surface area contributed by atoms with Gasteiger partial charge in [0.15, 0.2) is 0 Å². The summed E-state index contributed by atoms with van der Waals surface area (Å²) in [5, 5.41) is 8.61. The molecule has 7 nitrogen and oxygen atoms in total. The van der Waals surface area contributed by atoms with E-state index >= 15 is 0 Å². The van der Waals surface area contributed by atoms with Crippen molar-refractivity contribution in [2.24, 2.45) is 0 Å². The summed E-state index contributed by atoms with van der Waals surface area (Å²) < 4.78 is 52.5. The highest BCUT2D eigenvalue weighted by atomic mass is 19.4. The van der Waals surface area contributed by atoms with Crippen molar-refractivity contribution in [1.82, 2.24) is 15.4 Å². The molecule has 28 heavy (non-hydrogen) atoms. The molecule has 2 fully saturated rings. The zero-order chi connectivity index (χ0) is 20.1. The van der Waals surface area contributed by atoms with Gasteiger partial charge < -0.3 is 9.80 Å². The molecule has 148 valence electrons. The number of carbonyl (C=O) groups is 1. The van der Waals surface area contributed by atoms with E-state index in [-0.39, 0.29) is 23.3 Å². The Morgan fingerprint density at radius 1 is 1.14 bits per heavy atom. The first-order valence-electron chi connectivity index (χ1n) is 8.44. The number of piperazine rings is 1. The molecule has 1 aromatic heterocycles. The molecule has 0 aliphatic carbocycles. The van der Waals surface area contributed by atoms with Crippen LogP contribution in [-0.4, -0.2) is 46.3 Å². The third-order valence-electron chi connectivity index (χ3n) is 5.08. The second-order valence-electron chi connectivity index (χ2n) is 6.72. The number of rotatable bonds is 3. The Balaban J connectivity index is 1.49. The molecule has 2 aliphatic rings. The van der Waals surface area contributed by atoms with Gasteiger partial charge in [-0.25, -0.2) is 19.8 Å². The van der Waals surface area contributed by atoms with Crippen LogP contribution < -0.4 is 15.3 Å². The van der Waals surface area contributed by atoms with Crippen LogP contribution in [0, 0.1) is 5.82 Å². The lowest BCUT2D eigenvalue weighted by atomic mass is 10.1. The summed E-state index contributed by atoms with van der Waals surface area (Å²) >= 11 is 0. The quantitative estimate of drug-likeness (QED) is 0.470. The maximum absolute atomic E-state index is 14.3. The van der Waals surface area contributed by atoms with Gasteiger partial charge in [0.1, 0.15) is 5.82 Å². The van der Waals surface area contributed by atoms with Gasteiger partial charge in [-0.3, -0.25) is 10.0 Å². The SMILES string of the molecule is O=C(NO)c1cnc(N2C[C@H]3C[C@@H]2CN3c2ccc(C(F)(F)F)cc2F)nc1. The van der Waals surface area contributed by atoms with E-state index in [1.165, 1.54) is 23.9 Å². The van der Waals surface area contributed by atoms with E-state index in [2.05, 4.69) is 9.97 Å². The molecule has 1 amide bonds. The molecule has 2 bridgehead atoms. The highest BCUT2D eigenvalue weighted by Gasteiger charge is 2.45. The van der Waals surface area contributed by atoms with Gasteiger partial charge in [0, 0.05) is 31.5 Å². The van der Waals surface area contributed by atoms with E-state index in [0.29, 0.717) is 31.5 Å². The van der Waals surface area contributed by atoms with E-state index < -0.39 is 23.5 Å². The molecule has 2 aliphatic heterocycles. The highest BCUT2D eigenvalue weighted by molar-refractivity contribution is 5.92. The van der Waals surface area contributed by atoms with Crippen LogP contribution in [0.15, 0.2) is 30.6 Å². The Hall–Kier alpha value is -2.95. The van der Waals surface area contributed by atoms with Gasteiger partial charge in [-0.15, -0.1) is 0 Å². The lowest BCUT2D eigenvalue weighted by Gasteiger charge is -2.35. The second kappa shape index (κ2) is 6.59. The normalized spacial score (nSPS) is 21.3. The van der Waals surface area contributed by atoms with Crippen molar-refractivity contribution in [3.63, 3.8) is 0 Å². The number of benzene rings is 1. The Morgan fingerprint density at radius 2 is 1.79 bits per heavy atom. The number of carbonyl (C=O) groups excluding carboxylic acids is 1. The van der Waals surface area contributed by atoms with Crippen molar-refractivity contribution in [3.8, 4) is 0 Å². The molecule has 2 aromatic rings. The molecule has 1 aromatic carbocycles. The summed E-state index contributed by atoms with van der Waals surface area (Å²) in [5.41, 5.74) is 0.731. The average Bonchev–Trinajstić information content (AvgIpc) is 3.27. The van der Waals surface area contributed by atoms with Gasteiger partial charge in [-0.2, -0.15) is 13.2 Å². The van der Waals surface area contributed by atoms with Crippen LogP contribution in [0.25, 0.3) is 0 Å². The fourth-order valence-electron chi connectivity index (χ4n) is 3.77. The van der Waals surface area contributed by atoms with Crippen molar-refractivity contribution < 1.29 is 27.6 Å². The monoisotopic (exact) mass is 397 g/mol. The van der Waals surface area contributed by atoms with Crippen LogP contribution in [0.3, 0.4) is 0 Å². The average molecular weight is 397 g/mol. The topological polar surface area (TPSA) is 81.6 Å². The number of fused-ring (bicyclic) bond motifs is 2. The van der Waals surface area contributed by atoms with Crippen LogP contribution in [0.4, 0.5) is 29.2 Å². The number of halogens is 4. The van der Waals surface area contributed by atoms with Crippen molar-refractivity contribution in [1.29, 1.82) is 0 Å². The molecule has 3 heterocycles. The number of hydroxylamine groups is 1. The predicted molar refractivity (Wildman–Crippen MR) is 89.6 cm³/mol. The number of amides is 1. The fourth-order valence-corrected chi connectivity index (χ4v) is 3.77. The van der Waals surface area contributed by atoms with Crippen LogP contribution in [0.2, 0.25) is 0 Å². The van der Waals surface area contributed by atoms with Gasteiger partial charge in [0.2, 0.25) is 5.95 Å². The number of hydrogen-bond donors (Lipinski definition) is 2. The molecule has 0 spiro atoms. The number of alkyl halides is 3. The third kappa shape index (κ3) is 3.11. The Kier molecular flexibility index (Phi) is 4.33. The van der Waals surface area contributed by atoms with E-state index in [9.17, 15) is 22.4 Å². The fraction of sp³-hybridized carbons (Fsp3) is 0.353. The molecular weight excluding hydrogens is 382 g/mol. The Morgan fingerprint density at radius 3 is 2.32 bits per heavy atom. The molecule has 0 radical (unpaired) electrons. The Labute approximate surface area is 156 Å². The van der Waals surface area contributed by atoms with Gasteiger partial charge in [0.05, 0.1) is 22.9 Å². The maximum atomic E-state index is 14.3. The smallest absolute Gasteiger partial charge is 0.362 e. The number of nitrogens with one attached hydrogen (secondary N) is 1. The standard InChI is InChI=1S/C17H15F4N5O2/c18-13-3-10(17(19,20)21)1-2-14(13)25-7-12-4-11(25)8-26(12)16-22-5-9(6-23-16)15(27)24-28/h1-3,5-6,11-12,28H,4,7-8H2,(H,24,27)/t11-,12-/m1/s1. The Bertz CT molecular complexity index is 905. The minimum Gasteiger partial charge on any atom is -0.362 e. The number of aromatic nitrogens is 2. The minimum atomic E-state index is -4.59. The number of nitrogens with zero attached hydrogens (tertiary/aromatic N) is 4. The van der Waals surface area contributed by atoms with Crippen molar-refractivity contribution in [3.05, 3.63) is 47.5 Å². The van der Waals surface area contributed by atoms with Crippen LogP contribution in [0.5, 0.6) is 0 Å². The summed E-state index contributed by atoms with van der Waals surface area (Å²) in [6, 6.07) is 2.47. The first-order valence-corrected chi connectivity index (χ1v) is 8.44. The summed E-state index contributed by atoms with van der Waals surface area (Å²) in [5.74, 6) is -1.22. The molecular formula is C17H15F4N5O2.